The SMILES string of the molecule is COc1cc2c(cc1S(N)(=O)=O)C(C)(C)CC2. The van der Waals surface area contributed by atoms with Crippen molar-refractivity contribution in [1.82, 2.24) is 0 Å². The lowest BCUT2D eigenvalue weighted by atomic mass is 9.87. The Bertz CT molecular complexity index is 561. The van der Waals surface area contributed by atoms with Crippen molar-refractivity contribution >= 4 is 10.0 Å². The highest BCUT2D eigenvalue weighted by atomic mass is 32.2. The number of primary sulfonamides is 1. The summed E-state index contributed by atoms with van der Waals surface area (Å²) in [4.78, 5) is 0.0775. The van der Waals surface area contributed by atoms with Crippen LogP contribution in [0.4, 0.5) is 0 Å². The van der Waals surface area contributed by atoms with E-state index in [1.54, 1.807) is 12.1 Å². The number of methoxy groups -OCH3 is 1. The first kappa shape index (κ1) is 12.4. The predicted octanol–water partition coefficient (Wildman–Crippen LogP) is 1.57. The van der Waals surface area contributed by atoms with Gasteiger partial charge in [-0.05, 0) is 41.5 Å². The van der Waals surface area contributed by atoms with E-state index in [2.05, 4.69) is 13.8 Å². The molecule has 0 saturated heterocycles. The summed E-state index contributed by atoms with van der Waals surface area (Å²) in [6, 6.07) is 3.46. The first-order valence-corrected chi connectivity index (χ1v) is 7.04. The molecule has 0 aromatic heterocycles. The molecule has 0 aliphatic heterocycles. The van der Waals surface area contributed by atoms with Gasteiger partial charge in [0.25, 0.3) is 0 Å². The molecule has 0 amide bonds. The summed E-state index contributed by atoms with van der Waals surface area (Å²) in [6.45, 7) is 4.22. The van der Waals surface area contributed by atoms with E-state index in [4.69, 9.17) is 9.88 Å². The Morgan fingerprint density at radius 3 is 2.53 bits per heavy atom. The van der Waals surface area contributed by atoms with Gasteiger partial charge in [0.05, 0.1) is 7.11 Å². The normalized spacial score (nSPS) is 17.9. The molecule has 1 aliphatic rings. The number of aryl methyl sites for hydroxylation is 1. The van der Waals surface area contributed by atoms with Crippen LogP contribution in [-0.4, -0.2) is 15.5 Å². The van der Waals surface area contributed by atoms with Gasteiger partial charge in [-0.15, -0.1) is 0 Å². The van der Waals surface area contributed by atoms with E-state index in [-0.39, 0.29) is 10.3 Å². The van der Waals surface area contributed by atoms with E-state index < -0.39 is 10.0 Å². The standard InChI is InChI=1S/C12H17NO3S/c1-12(2)5-4-8-6-10(16-3)11(7-9(8)12)17(13,14)15/h6-7H,4-5H2,1-3H3,(H2,13,14,15). The monoisotopic (exact) mass is 255 g/mol. The zero-order valence-electron chi connectivity index (χ0n) is 10.3. The van der Waals surface area contributed by atoms with Crippen LogP contribution in [0.1, 0.15) is 31.4 Å². The van der Waals surface area contributed by atoms with Crippen molar-refractivity contribution in [2.45, 2.75) is 37.0 Å². The minimum Gasteiger partial charge on any atom is -0.495 e. The number of sulfonamides is 1. The van der Waals surface area contributed by atoms with E-state index in [0.717, 1.165) is 24.0 Å². The van der Waals surface area contributed by atoms with Crippen molar-refractivity contribution in [3.63, 3.8) is 0 Å². The van der Waals surface area contributed by atoms with Crippen molar-refractivity contribution < 1.29 is 13.2 Å². The van der Waals surface area contributed by atoms with Crippen LogP contribution < -0.4 is 9.88 Å². The molecule has 4 nitrogen and oxygen atoms in total. The van der Waals surface area contributed by atoms with Crippen LogP contribution in [0.5, 0.6) is 5.75 Å². The molecule has 0 spiro atoms. The van der Waals surface area contributed by atoms with E-state index in [1.807, 2.05) is 0 Å². The number of fused-ring (bicyclic) bond motifs is 1. The van der Waals surface area contributed by atoms with Crippen molar-refractivity contribution in [2.24, 2.45) is 5.14 Å². The Morgan fingerprint density at radius 2 is 2.00 bits per heavy atom. The largest absolute Gasteiger partial charge is 0.495 e. The molecule has 0 bridgehead atoms. The summed E-state index contributed by atoms with van der Waals surface area (Å²) in [5.41, 5.74) is 2.21. The molecule has 0 unspecified atom stereocenters. The predicted molar refractivity (Wildman–Crippen MR) is 65.7 cm³/mol. The lowest BCUT2D eigenvalue weighted by molar-refractivity contribution is 0.402. The van der Waals surface area contributed by atoms with Gasteiger partial charge in [0.15, 0.2) is 0 Å². The topological polar surface area (TPSA) is 69.4 Å². The first-order chi connectivity index (χ1) is 7.75. The summed E-state index contributed by atoms with van der Waals surface area (Å²) in [7, 11) is -2.29. The highest BCUT2D eigenvalue weighted by molar-refractivity contribution is 7.89. The molecule has 0 atom stereocenters. The lowest BCUT2D eigenvalue weighted by Crippen LogP contribution is -2.17. The second kappa shape index (κ2) is 3.71. The van der Waals surface area contributed by atoms with Crippen molar-refractivity contribution in [1.29, 1.82) is 0 Å². The summed E-state index contributed by atoms with van der Waals surface area (Å²) in [5, 5.41) is 5.21. The van der Waals surface area contributed by atoms with Gasteiger partial charge in [0.1, 0.15) is 10.6 Å². The third-order valence-corrected chi connectivity index (χ3v) is 4.38. The first-order valence-electron chi connectivity index (χ1n) is 5.50. The number of rotatable bonds is 2. The average molecular weight is 255 g/mol. The van der Waals surface area contributed by atoms with E-state index in [1.165, 1.54) is 7.11 Å². The van der Waals surface area contributed by atoms with Gasteiger partial charge in [-0.2, -0.15) is 0 Å². The van der Waals surface area contributed by atoms with E-state index in [0.29, 0.717) is 5.75 Å². The van der Waals surface area contributed by atoms with Crippen LogP contribution >= 0.6 is 0 Å². The molecular weight excluding hydrogens is 238 g/mol. The van der Waals surface area contributed by atoms with Crippen molar-refractivity contribution in [2.75, 3.05) is 7.11 Å². The van der Waals surface area contributed by atoms with Gasteiger partial charge >= 0.3 is 0 Å². The van der Waals surface area contributed by atoms with Crippen molar-refractivity contribution in [3.8, 4) is 5.75 Å². The maximum atomic E-state index is 11.5. The molecule has 1 aromatic carbocycles. The van der Waals surface area contributed by atoms with Crippen LogP contribution in [0.25, 0.3) is 0 Å². The van der Waals surface area contributed by atoms with Gasteiger partial charge in [-0.3, -0.25) is 0 Å². The maximum Gasteiger partial charge on any atom is 0.241 e. The van der Waals surface area contributed by atoms with Crippen LogP contribution in [0, 0.1) is 0 Å². The molecule has 1 aromatic rings. The Labute approximate surface area is 102 Å². The molecule has 0 radical (unpaired) electrons. The molecule has 0 heterocycles. The van der Waals surface area contributed by atoms with E-state index >= 15 is 0 Å². The Morgan fingerprint density at radius 1 is 1.35 bits per heavy atom. The molecule has 2 rings (SSSR count). The van der Waals surface area contributed by atoms with Crippen LogP contribution in [0.2, 0.25) is 0 Å². The number of hydrogen-bond acceptors (Lipinski definition) is 3. The third-order valence-electron chi connectivity index (χ3n) is 3.44. The Kier molecular flexibility index (Phi) is 2.71. The molecule has 5 heteroatoms. The minimum atomic E-state index is -3.74. The smallest absolute Gasteiger partial charge is 0.241 e. The lowest BCUT2D eigenvalue weighted by Gasteiger charge is -2.20. The Balaban J connectivity index is 2.71. The van der Waals surface area contributed by atoms with Crippen LogP contribution in [-0.2, 0) is 21.9 Å². The molecule has 0 saturated carbocycles. The fraction of sp³-hybridized carbons (Fsp3) is 0.500. The summed E-state index contributed by atoms with van der Waals surface area (Å²) in [5.74, 6) is 0.337. The van der Waals surface area contributed by atoms with Gasteiger partial charge in [-0.25, -0.2) is 13.6 Å². The van der Waals surface area contributed by atoms with Crippen LogP contribution in [0.3, 0.4) is 0 Å². The summed E-state index contributed by atoms with van der Waals surface area (Å²) >= 11 is 0. The summed E-state index contributed by atoms with van der Waals surface area (Å²) < 4.78 is 28.1. The number of benzene rings is 1. The molecule has 17 heavy (non-hydrogen) atoms. The van der Waals surface area contributed by atoms with E-state index in [9.17, 15) is 8.42 Å². The zero-order valence-corrected chi connectivity index (χ0v) is 11.1. The van der Waals surface area contributed by atoms with Gasteiger partial charge in [-0.1, -0.05) is 13.8 Å². The molecule has 0 fully saturated rings. The van der Waals surface area contributed by atoms with Gasteiger partial charge < -0.3 is 4.74 Å². The highest BCUT2D eigenvalue weighted by Gasteiger charge is 2.32. The van der Waals surface area contributed by atoms with Gasteiger partial charge in [0.2, 0.25) is 10.0 Å². The maximum absolute atomic E-state index is 11.5. The van der Waals surface area contributed by atoms with Crippen LogP contribution in [0.15, 0.2) is 17.0 Å². The second-order valence-corrected chi connectivity index (χ2v) is 6.62. The number of ether oxygens (including phenoxy) is 1. The zero-order chi connectivity index (χ0) is 12.8. The highest BCUT2D eigenvalue weighted by Crippen LogP contribution is 2.41. The minimum absolute atomic E-state index is 0.00104. The molecule has 94 valence electrons. The van der Waals surface area contributed by atoms with Crippen molar-refractivity contribution in [3.05, 3.63) is 23.3 Å². The molecular formula is C12H17NO3S. The average Bonchev–Trinajstić information content (AvgIpc) is 2.51. The molecule has 1 aliphatic carbocycles. The fourth-order valence-corrected chi connectivity index (χ4v) is 3.11. The molecule has 2 N–H and O–H groups in total. The fourth-order valence-electron chi connectivity index (χ4n) is 2.40. The number of nitrogens with two attached hydrogens (primary N) is 1. The quantitative estimate of drug-likeness (QED) is 0.872. The third kappa shape index (κ3) is 2.05. The van der Waals surface area contributed by atoms with Gasteiger partial charge in [0, 0.05) is 0 Å². The number of hydrogen-bond donors (Lipinski definition) is 1. The Hall–Kier alpha value is -1.07. The second-order valence-electron chi connectivity index (χ2n) is 5.09. The summed E-state index contributed by atoms with van der Waals surface area (Å²) in [6.07, 6.45) is 1.96.